The SMILES string of the molecule is COc1nn(C(C)C)c2c1CC(=O)C(=O)c1ccccc1-2. The Hall–Kier alpha value is -2.43. The van der Waals surface area contributed by atoms with Crippen LogP contribution in [0.5, 0.6) is 5.88 Å². The summed E-state index contributed by atoms with van der Waals surface area (Å²) in [5, 5.41) is 4.44. The molecule has 108 valence electrons. The van der Waals surface area contributed by atoms with Crippen molar-refractivity contribution in [2.24, 2.45) is 0 Å². The highest BCUT2D eigenvalue weighted by atomic mass is 16.5. The number of carbonyl (C=O) groups is 2. The monoisotopic (exact) mass is 284 g/mol. The molecule has 2 aromatic rings. The lowest BCUT2D eigenvalue weighted by atomic mass is 10.0. The molecule has 0 bridgehead atoms. The van der Waals surface area contributed by atoms with Crippen molar-refractivity contribution in [1.82, 2.24) is 9.78 Å². The highest BCUT2D eigenvalue weighted by Crippen LogP contribution is 2.37. The highest BCUT2D eigenvalue weighted by Gasteiger charge is 2.32. The predicted molar refractivity (Wildman–Crippen MR) is 77.6 cm³/mol. The molecule has 1 aromatic carbocycles. The third-order valence-electron chi connectivity index (χ3n) is 3.67. The topological polar surface area (TPSA) is 61.2 Å². The molecule has 0 N–H and O–H groups in total. The van der Waals surface area contributed by atoms with Crippen molar-refractivity contribution in [3.05, 3.63) is 35.4 Å². The summed E-state index contributed by atoms with van der Waals surface area (Å²) in [4.78, 5) is 24.4. The number of hydrogen-bond donors (Lipinski definition) is 0. The van der Waals surface area contributed by atoms with Crippen LogP contribution in [0.3, 0.4) is 0 Å². The molecule has 1 heterocycles. The number of carbonyl (C=O) groups excluding carboxylic acids is 2. The largest absolute Gasteiger partial charge is 0.480 e. The molecule has 0 saturated heterocycles. The molecule has 0 amide bonds. The van der Waals surface area contributed by atoms with Gasteiger partial charge in [0.15, 0.2) is 0 Å². The maximum atomic E-state index is 12.3. The third kappa shape index (κ3) is 1.96. The number of aromatic nitrogens is 2. The number of Topliss-reactive ketones (excluding diaryl/α,β-unsaturated/α-hetero) is 2. The Bertz CT molecular complexity index is 744. The quantitative estimate of drug-likeness (QED) is 0.795. The van der Waals surface area contributed by atoms with E-state index in [2.05, 4.69) is 5.10 Å². The van der Waals surface area contributed by atoms with Crippen molar-refractivity contribution < 1.29 is 14.3 Å². The lowest BCUT2D eigenvalue weighted by Gasteiger charge is -2.12. The van der Waals surface area contributed by atoms with Gasteiger partial charge in [-0.25, -0.2) is 0 Å². The summed E-state index contributed by atoms with van der Waals surface area (Å²) in [5.41, 5.74) is 2.67. The molecule has 1 aromatic heterocycles. The number of hydrogen-bond acceptors (Lipinski definition) is 4. The van der Waals surface area contributed by atoms with Crippen molar-refractivity contribution in [2.45, 2.75) is 26.3 Å². The molecular formula is C16H16N2O3. The van der Waals surface area contributed by atoms with Gasteiger partial charge in [-0.3, -0.25) is 14.3 Å². The van der Waals surface area contributed by atoms with Gasteiger partial charge in [0.2, 0.25) is 17.4 Å². The zero-order valence-corrected chi connectivity index (χ0v) is 12.2. The Kier molecular flexibility index (Phi) is 3.12. The van der Waals surface area contributed by atoms with Crippen LogP contribution in [0.15, 0.2) is 24.3 Å². The van der Waals surface area contributed by atoms with Gasteiger partial charge in [-0.1, -0.05) is 24.3 Å². The minimum Gasteiger partial charge on any atom is -0.480 e. The molecule has 0 saturated carbocycles. The maximum absolute atomic E-state index is 12.3. The van der Waals surface area contributed by atoms with Crippen molar-refractivity contribution in [2.75, 3.05) is 7.11 Å². The Labute approximate surface area is 122 Å². The predicted octanol–water partition coefficient (Wildman–Crippen LogP) is 2.45. The fourth-order valence-electron chi connectivity index (χ4n) is 2.71. The fourth-order valence-corrected chi connectivity index (χ4v) is 2.71. The first-order valence-corrected chi connectivity index (χ1v) is 6.87. The minimum atomic E-state index is -0.445. The van der Waals surface area contributed by atoms with E-state index in [-0.39, 0.29) is 12.5 Å². The van der Waals surface area contributed by atoms with Crippen molar-refractivity contribution in [3.8, 4) is 17.1 Å². The fraction of sp³-hybridized carbons (Fsp3) is 0.312. The van der Waals surface area contributed by atoms with Crippen molar-refractivity contribution in [1.29, 1.82) is 0 Å². The smallest absolute Gasteiger partial charge is 0.236 e. The van der Waals surface area contributed by atoms with Crippen molar-refractivity contribution >= 4 is 11.6 Å². The van der Waals surface area contributed by atoms with Crippen LogP contribution in [0.25, 0.3) is 11.3 Å². The van der Waals surface area contributed by atoms with Crippen LogP contribution in [0.1, 0.15) is 35.8 Å². The van der Waals surface area contributed by atoms with Gasteiger partial charge < -0.3 is 4.74 Å². The van der Waals surface area contributed by atoms with Gasteiger partial charge in [-0.15, -0.1) is 5.10 Å². The molecule has 0 radical (unpaired) electrons. The minimum absolute atomic E-state index is 0.0265. The first-order chi connectivity index (χ1) is 10.0. The number of ketones is 2. The van der Waals surface area contributed by atoms with Crippen LogP contribution >= 0.6 is 0 Å². The summed E-state index contributed by atoms with van der Waals surface area (Å²) in [5.74, 6) is -0.460. The maximum Gasteiger partial charge on any atom is 0.236 e. The molecule has 0 spiro atoms. The number of ether oxygens (including phenoxy) is 1. The van der Waals surface area contributed by atoms with Crippen LogP contribution in [-0.4, -0.2) is 28.5 Å². The van der Waals surface area contributed by atoms with Gasteiger partial charge in [-0.05, 0) is 13.8 Å². The lowest BCUT2D eigenvalue weighted by molar-refractivity contribution is -0.114. The lowest BCUT2D eigenvalue weighted by Crippen LogP contribution is -2.15. The van der Waals surface area contributed by atoms with E-state index in [4.69, 9.17) is 4.74 Å². The zero-order valence-electron chi connectivity index (χ0n) is 12.2. The molecule has 1 aliphatic rings. The first-order valence-electron chi connectivity index (χ1n) is 6.87. The van der Waals surface area contributed by atoms with Gasteiger partial charge >= 0.3 is 0 Å². The van der Waals surface area contributed by atoms with E-state index in [1.807, 2.05) is 30.7 Å². The Morgan fingerprint density at radius 3 is 2.48 bits per heavy atom. The third-order valence-corrected chi connectivity index (χ3v) is 3.67. The van der Waals surface area contributed by atoms with Crippen LogP contribution in [-0.2, 0) is 11.2 Å². The van der Waals surface area contributed by atoms with E-state index in [9.17, 15) is 9.59 Å². The molecule has 0 aliphatic heterocycles. The molecule has 0 atom stereocenters. The molecule has 5 heteroatoms. The van der Waals surface area contributed by atoms with Crippen molar-refractivity contribution in [3.63, 3.8) is 0 Å². The van der Waals surface area contributed by atoms with Crippen LogP contribution in [0, 0.1) is 0 Å². The van der Waals surface area contributed by atoms with Gasteiger partial charge in [0.05, 0.1) is 12.8 Å². The molecule has 21 heavy (non-hydrogen) atoms. The summed E-state index contributed by atoms with van der Waals surface area (Å²) >= 11 is 0. The van der Waals surface area contributed by atoms with Crippen LogP contribution in [0.2, 0.25) is 0 Å². The number of fused-ring (bicyclic) bond motifs is 3. The molecule has 1 aliphatic carbocycles. The average molecular weight is 284 g/mol. The second-order valence-corrected chi connectivity index (χ2v) is 5.35. The van der Waals surface area contributed by atoms with Crippen LogP contribution < -0.4 is 4.74 Å². The summed E-state index contributed by atoms with van der Waals surface area (Å²) < 4.78 is 7.12. The van der Waals surface area contributed by atoms with E-state index in [0.717, 1.165) is 11.3 Å². The summed E-state index contributed by atoms with van der Waals surface area (Å²) in [7, 11) is 1.52. The Morgan fingerprint density at radius 2 is 1.86 bits per heavy atom. The van der Waals surface area contributed by atoms with E-state index >= 15 is 0 Å². The highest BCUT2D eigenvalue weighted by molar-refractivity contribution is 6.46. The average Bonchev–Trinajstić information content (AvgIpc) is 2.80. The molecule has 3 rings (SSSR count). The van der Waals surface area contributed by atoms with Gasteiger partial charge in [0.1, 0.15) is 0 Å². The Morgan fingerprint density at radius 1 is 1.19 bits per heavy atom. The molecule has 5 nitrogen and oxygen atoms in total. The van der Waals surface area contributed by atoms with E-state index in [0.29, 0.717) is 17.0 Å². The molecule has 0 fully saturated rings. The first kappa shape index (κ1) is 13.5. The van der Waals surface area contributed by atoms with Crippen LogP contribution in [0.4, 0.5) is 0 Å². The summed E-state index contributed by atoms with van der Waals surface area (Å²) in [6.45, 7) is 4.01. The van der Waals surface area contributed by atoms with E-state index < -0.39 is 11.6 Å². The zero-order chi connectivity index (χ0) is 15.1. The second-order valence-electron chi connectivity index (χ2n) is 5.35. The number of methoxy groups -OCH3 is 1. The molecular weight excluding hydrogens is 268 g/mol. The Balaban J connectivity index is 2.39. The second kappa shape index (κ2) is 4.84. The van der Waals surface area contributed by atoms with Gasteiger partial charge in [0, 0.05) is 29.2 Å². The number of rotatable bonds is 2. The van der Waals surface area contributed by atoms with E-state index in [1.54, 1.807) is 12.1 Å². The summed E-state index contributed by atoms with van der Waals surface area (Å²) in [6.07, 6.45) is 0.0265. The normalized spacial score (nSPS) is 13.9. The number of nitrogens with zero attached hydrogens (tertiary/aromatic N) is 2. The van der Waals surface area contributed by atoms with Gasteiger partial charge in [0.25, 0.3) is 0 Å². The number of benzene rings is 1. The standard InChI is InChI=1S/C16H16N2O3/c1-9(2)18-14-10-6-4-5-7-11(10)15(20)13(19)8-12(14)16(17-18)21-3/h4-7,9H,8H2,1-3H3. The summed E-state index contributed by atoms with van der Waals surface area (Å²) in [6, 6.07) is 7.26. The van der Waals surface area contributed by atoms with E-state index in [1.165, 1.54) is 7.11 Å². The van der Waals surface area contributed by atoms with Gasteiger partial charge in [-0.2, -0.15) is 0 Å². The molecule has 0 unspecified atom stereocenters.